The lowest BCUT2D eigenvalue weighted by molar-refractivity contribution is -0.131. The van der Waals surface area contributed by atoms with Gasteiger partial charge in [-0.05, 0) is 36.0 Å². The Morgan fingerprint density at radius 1 is 1.18 bits per heavy atom. The molecule has 2 N–H and O–H groups in total. The highest BCUT2D eigenvalue weighted by atomic mass is 32.1. The molecule has 3 rings (SSSR count). The van der Waals surface area contributed by atoms with Crippen molar-refractivity contribution in [3.8, 4) is 0 Å². The number of hydrogen-bond donors (Lipinski definition) is 2. The van der Waals surface area contributed by atoms with Crippen LogP contribution in [0.4, 0.5) is 0 Å². The predicted octanol–water partition coefficient (Wildman–Crippen LogP) is 4.48. The number of ketones is 1. The first-order valence-electron chi connectivity index (χ1n) is 14.5. The molecule has 1 aliphatic rings. The first kappa shape index (κ1) is 31.9. The monoisotopic (exact) mass is 570 g/mol. The number of nitrogens with zero attached hydrogens (tertiary/aromatic N) is 2. The number of Topliss-reactive ketones (excluding diaryl/α,β-unsaturated/α-hetero) is 1. The normalized spacial score (nSPS) is 16.4. The van der Waals surface area contributed by atoms with Crippen molar-refractivity contribution >= 4 is 39.2 Å². The van der Waals surface area contributed by atoms with Crippen molar-refractivity contribution in [1.29, 1.82) is 0 Å². The number of carbonyl (C=O) groups excluding carboxylic acids is 3. The lowest BCUT2D eigenvalue weighted by atomic mass is 9.91. The van der Waals surface area contributed by atoms with Crippen LogP contribution in [0, 0.1) is 11.8 Å². The van der Waals surface area contributed by atoms with Crippen LogP contribution in [0.1, 0.15) is 69.9 Å². The number of ether oxygens (including phenoxy) is 1. The average Bonchev–Trinajstić information content (AvgIpc) is 3.36. The molecule has 1 aromatic carbocycles. The molecule has 0 unspecified atom stereocenters. The van der Waals surface area contributed by atoms with Gasteiger partial charge in [-0.3, -0.25) is 19.3 Å². The molecule has 3 atom stereocenters. The molecule has 0 spiro atoms. The lowest BCUT2D eigenvalue weighted by Crippen LogP contribution is -2.44. The first-order chi connectivity index (χ1) is 19.1. The van der Waals surface area contributed by atoms with Crippen molar-refractivity contribution in [2.75, 3.05) is 39.9 Å². The number of carbonyl (C=O) groups is 3. The van der Waals surface area contributed by atoms with Gasteiger partial charge in [-0.25, -0.2) is 4.98 Å². The Bertz CT molecular complexity index is 1170. The zero-order valence-electron chi connectivity index (χ0n) is 24.8. The van der Waals surface area contributed by atoms with Crippen LogP contribution in [0.5, 0.6) is 0 Å². The van der Waals surface area contributed by atoms with Crippen LogP contribution in [0.3, 0.4) is 0 Å². The van der Waals surface area contributed by atoms with Gasteiger partial charge in [0.25, 0.3) is 0 Å². The quantitative estimate of drug-likeness (QED) is 0.306. The van der Waals surface area contributed by atoms with E-state index in [-0.39, 0.29) is 36.0 Å². The second kappa shape index (κ2) is 15.4. The fraction of sp³-hybridized carbons (Fsp3) is 0.613. The van der Waals surface area contributed by atoms with E-state index in [1.54, 1.807) is 18.4 Å². The van der Waals surface area contributed by atoms with E-state index < -0.39 is 5.92 Å². The van der Waals surface area contributed by atoms with Gasteiger partial charge in [-0.1, -0.05) is 46.8 Å². The van der Waals surface area contributed by atoms with Crippen LogP contribution in [-0.2, 0) is 25.5 Å². The number of nitrogens with one attached hydrogen (secondary N) is 2. The molecule has 8 nitrogen and oxygen atoms in total. The van der Waals surface area contributed by atoms with Crippen molar-refractivity contribution in [3.05, 3.63) is 40.9 Å². The van der Waals surface area contributed by atoms with Crippen molar-refractivity contribution in [1.82, 2.24) is 20.5 Å². The Hall–Kier alpha value is -2.62. The van der Waals surface area contributed by atoms with Gasteiger partial charge < -0.3 is 15.4 Å². The van der Waals surface area contributed by atoms with Crippen LogP contribution >= 0.6 is 11.3 Å². The minimum Gasteiger partial charge on any atom is -0.379 e. The molecule has 2 amide bonds. The minimum absolute atomic E-state index is 0.0335. The second-order valence-electron chi connectivity index (χ2n) is 11.2. The summed E-state index contributed by atoms with van der Waals surface area (Å²) in [5.74, 6) is -0.270. The molecule has 40 heavy (non-hydrogen) atoms. The van der Waals surface area contributed by atoms with Gasteiger partial charge in [-0.2, -0.15) is 0 Å². The third-order valence-corrected chi connectivity index (χ3v) is 8.92. The molecule has 0 saturated carbocycles. The summed E-state index contributed by atoms with van der Waals surface area (Å²) in [6, 6.07) is 6.12. The van der Waals surface area contributed by atoms with Crippen LogP contribution < -0.4 is 10.6 Å². The molecule has 0 bridgehead atoms. The van der Waals surface area contributed by atoms with E-state index in [1.807, 2.05) is 6.07 Å². The second-order valence-corrected chi connectivity index (χ2v) is 12.3. The van der Waals surface area contributed by atoms with E-state index in [4.69, 9.17) is 9.72 Å². The van der Waals surface area contributed by atoms with E-state index in [9.17, 15) is 14.4 Å². The fourth-order valence-electron chi connectivity index (χ4n) is 4.89. The first-order valence-corrected chi connectivity index (χ1v) is 15.3. The van der Waals surface area contributed by atoms with Crippen molar-refractivity contribution in [2.45, 2.75) is 71.8 Å². The van der Waals surface area contributed by atoms with Gasteiger partial charge in [0.15, 0.2) is 5.78 Å². The topological polar surface area (TPSA) is 101 Å². The number of benzene rings is 1. The molecule has 2 aromatic rings. The Morgan fingerprint density at radius 2 is 1.90 bits per heavy atom. The molecule has 1 aromatic heterocycles. The highest BCUT2D eigenvalue weighted by Crippen LogP contribution is 2.28. The number of rotatable bonds is 15. The van der Waals surface area contributed by atoms with Crippen LogP contribution in [-0.4, -0.2) is 73.4 Å². The van der Waals surface area contributed by atoms with Crippen LogP contribution in [0.2, 0.25) is 0 Å². The highest BCUT2D eigenvalue weighted by molar-refractivity contribution is 7.18. The van der Waals surface area contributed by atoms with Gasteiger partial charge in [0.2, 0.25) is 11.8 Å². The van der Waals surface area contributed by atoms with Gasteiger partial charge in [0.05, 0.1) is 34.4 Å². The summed E-state index contributed by atoms with van der Waals surface area (Å²) in [6.45, 7) is 16.0. The summed E-state index contributed by atoms with van der Waals surface area (Å²) in [5.41, 5.74) is 2.77. The minimum atomic E-state index is -0.552. The molecule has 2 heterocycles. The molecule has 0 aliphatic carbocycles. The Labute approximate surface area is 242 Å². The fourth-order valence-corrected chi connectivity index (χ4v) is 5.99. The van der Waals surface area contributed by atoms with Crippen molar-refractivity contribution in [2.24, 2.45) is 11.8 Å². The third-order valence-electron chi connectivity index (χ3n) is 7.88. The summed E-state index contributed by atoms with van der Waals surface area (Å²) in [7, 11) is 1.58. The van der Waals surface area contributed by atoms with E-state index in [0.29, 0.717) is 50.5 Å². The zero-order chi connectivity index (χ0) is 29.2. The van der Waals surface area contributed by atoms with E-state index in [2.05, 4.69) is 61.9 Å². The number of amides is 2. The number of hydrogen-bond acceptors (Lipinski definition) is 7. The third kappa shape index (κ3) is 9.21. The Morgan fingerprint density at radius 3 is 2.55 bits per heavy atom. The number of thiazole rings is 1. The summed E-state index contributed by atoms with van der Waals surface area (Å²) < 4.78 is 6.48. The Kier molecular flexibility index (Phi) is 12.3. The van der Waals surface area contributed by atoms with Gasteiger partial charge >= 0.3 is 0 Å². The number of morpholine rings is 1. The molecule has 0 radical (unpaired) electrons. The number of aromatic nitrogens is 1. The van der Waals surface area contributed by atoms with Gasteiger partial charge in [0.1, 0.15) is 0 Å². The largest absolute Gasteiger partial charge is 0.379 e. The van der Waals surface area contributed by atoms with Gasteiger partial charge in [0, 0.05) is 57.6 Å². The average molecular weight is 571 g/mol. The Balaban J connectivity index is 1.67. The summed E-state index contributed by atoms with van der Waals surface area (Å²) in [4.78, 5) is 45.8. The summed E-state index contributed by atoms with van der Waals surface area (Å²) in [5, 5.41) is 6.70. The molecule has 1 fully saturated rings. The standard InChI is InChI=1S/C31H46N4O4S/c1-7-21(4)25(10-11-27(36)22(5)19-35-12-14-39-15-13-35)34-31(38)24(17-29(37)32-6)18-30-33-26-9-8-23(20(2)3)16-28(26)40-30/h8-9,16,20-21,24-25H,5,7,10-15,17-19H2,1-4,6H3,(H,32,37)(H,34,38)/t21-,24-,25+/m0/s1. The molecule has 9 heteroatoms. The van der Waals surface area contributed by atoms with Crippen LogP contribution in [0.15, 0.2) is 30.4 Å². The van der Waals surface area contributed by atoms with Crippen molar-refractivity contribution < 1.29 is 19.1 Å². The maximum Gasteiger partial charge on any atom is 0.224 e. The highest BCUT2D eigenvalue weighted by Gasteiger charge is 2.28. The maximum absolute atomic E-state index is 13.6. The molecular weight excluding hydrogens is 524 g/mol. The van der Waals surface area contributed by atoms with Gasteiger partial charge in [-0.15, -0.1) is 11.3 Å². The lowest BCUT2D eigenvalue weighted by Gasteiger charge is -2.28. The van der Waals surface area contributed by atoms with E-state index >= 15 is 0 Å². The zero-order valence-corrected chi connectivity index (χ0v) is 25.6. The molecule has 1 aliphatic heterocycles. The van der Waals surface area contributed by atoms with Crippen molar-refractivity contribution in [3.63, 3.8) is 0 Å². The number of fused-ring (bicyclic) bond motifs is 1. The molecule has 220 valence electrons. The van der Waals surface area contributed by atoms with Crippen LogP contribution in [0.25, 0.3) is 10.2 Å². The molecular formula is C31H46N4O4S. The van der Waals surface area contributed by atoms with E-state index in [1.165, 1.54) is 5.56 Å². The predicted molar refractivity (Wildman–Crippen MR) is 162 cm³/mol. The maximum atomic E-state index is 13.6. The SMILES string of the molecule is C=C(CN1CCOCC1)C(=O)CC[C@@H](NC(=O)[C@@H](CC(=O)NC)Cc1nc2ccc(C(C)C)cc2s1)[C@@H](C)CC. The van der Waals surface area contributed by atoms with E-state index in [0.717, 1.165) is 34.7 Å². The smallest absolute Gasteiger partial charge is 0.224 e. The summed E-state index contributed by atoms with van der Waals surface area (Å²) >= 11 is 1.58. The molecule has 1 saturated heterocycles. The summed E-state index contributed by atoms with van der Waals surface area (Å²) in [6.07, 6.45) is 2.20.